The van der Waals surface area contributed by atoms with E-state index in [4.69, 9.17) is 21.1 Å². The highest BCUT2D eigenvalue weighted by molar-refractivity contribution is 5.79. The van der Waals surface area contributed by atoms with E-state index in [1.54, 1.807) is 11.1 Å². The largest absolute Gasteiger partial charge is 0.393 e. The summed E-state index contributed by atoms with van der Waals surface area (Å²) in [5.41, 5.74) is 11.2. The lowest BCUT2D eigenvalue weighted by Gasteiger charge is -2.55. The highest BCUT2D eigenvalue weighted by atomic mass is 16.7. The predicted molar refractivity (Wildman–Crippen MR) is 190 cm³/mol. The number of aliphatic hydroxyl groups excluding tert-OH is 1. The molecule has 6 rings (SSSR count). The first kappa shape index (κ1) is 36.5. The number of nitrogens with two attached hydrogens (primary N) is 2. The summed E-state index contributed by atoms with van der Waals surface area (Å²) in [5, 5.41) is 14.4. The maximum atomic E-state index is 11.2. The smallest absolute Gasteiger partial charge is 0.169 e. The number of nitrogens with zero attached hydrogens (tertiary/aromatic N) is 1. The van der Waals surface area contributed by atoms with Crippen LogP contribution in [-0.4, -0.2) is 36.0 Å². The summed E-state index contributed by atoms with van der Waals surface area (Å²) in [6.45, 7) is 16.6. The van der Waals surface area contributed by atoms with E-state index in [1.807, 2.05) is 20.8 Å². The molecular weight excluding hydrogens is 570 g/mol. The molecular formula is C40H63N3O3. The molecule has 5 aliphatic rings. The van der Waals surface area contributed by atoms with Gasteiger partial charge in [0.15, 0.2) is 5.79 Å². The van der Waals surface area contributed by atoms with Gasteiger partial charge in [-0.1, -0.05) is 90.0 Å². The molecule has 0 bridgehead atoms. The molecule has 0 amide bonds. The summed E-state index contributed by atoms with van der Waals surface area (Å²) in [6.07, 6.45) is 12.7. The highest BCUT2D eigenvalue weighted by Crippen LogP contribution is 2.65. The number of hydrazone groups is 1. The van der Waals surface area contributed by atoms with Crippen molar-refractivity contribution in [3.05, 3.63) is 46.5 Å². The van der Waals surface area contributed by atoms with Crippen LogP contribution in [0.4, 0.5) is 0 Å². The standard InChI is InChI=1S/C35H48O3.C3H9N3.C2H6/c1-5-6-7-8-9-24-10-12-25(13-11-24)29-21-34(4)30(16-17-31(34)36)28-15-14-26-20-35(19-18-27(26)32(28)29)37-22-33(2,3)23-38-35;1-2-3(4)6-5;1-2/h10-13,26,28-31,36H,5-7,14-23H2,1-4H3;2,5H2,1H3,(H2,4,6);1-2H3. The fraction of sp³-hybridized carbons (Fsp3) is 0.725. The van der Waals surface area contributed by atoms with Crippen LogP contribution in [0, 0.1) is 40.4 Å². The van der Waals surface area contributed by atoms with E-state index in [2.05, 4.69) is 68.9 Å². The molecule has 0 radical (unpaired) electrons. The lowest BCUT2D eigenvalue weighted by molar-refractivity contribution is -0.312. The Hall–Kier alpha value is -2.33. The summed E-state index contributed by atoms with van der Waals surface area (Å²) >= 11 is 0. The van der Waals surface area contributed by atoms with Gasteiger partial charge in [-0.3, -0.25) is 0 Å². The van der Waals surface area contributed by atoms with E-state index in [1.165, 1.54) is 37.7 Å². The molecule has 6 heteroatoms. The Morgan fingerprint density at radius 3 is 2.30 bits per heavy atom. The van der Waals surface area contributed by atoms with E-state index in [-0.39, 0.29) is 22.7 Å². The third-order valence-corrected chi connectivity index (χ3v) is 11.5. The number of hydrogen-bond acceptors (Lipinski definition) is 5. The first-order valence-corrected chi connectivity index (χ1v) is 18.3. The quantitative estimate of drug-likeness (QED) is 0.0587. The molecule has 1 spiro atoms. The van der Waals surface area contributed by atoms with Gasteiger partial charge in [0.25, 0.3) is 0 Å². The number of allylic oxidation sites excluding steroid dienone is 2. The van der Waals surface area contributed by atoms with Crippen molar-refractivity contribution in [2.75, 3.05) is 13.2 Å². The van der Waals surface area contributed by atoms with Gasteiger partial charge in [-0.2, -0.15) is 5.10 Å². The fourth-order valence-corrected chi connectivity index (χ4v) is 8.82. The van der Waals surface area contributed by atoms with Crippen LogP contribution in [0.15, 0.2) is 40.5 Å². The first-order valence-electron chi connectivity index (χ1n) is 18.3. The summed E-state index contributed by atoms with van der Waals surface area (Å²) in [4.78, 5) is 0. The van der Waals surface area contributed by atoms with E-state index in [9.17, 15) is 5.11 Å². The van der Waals surface area contributed by atoms with Crippen molar-refractivity contribution < 1.29 is 14.6 Å². The van der Waals surface area contributed by atoms with E-state index < -0.39 is 0 Å². The number of hydrogen-bond donors (Lipinski definition) is 3. The van der Waals surface area contributed by atoms with E-state index >= 15 is 0 Å². The second-order valence-electron chi connectivity index (χ2n) is 15.2. The Bertz CT molecular complexity index is 1260. The molecule has 46 heavy (non-hydrogen) atoms. The summed E-state index contributed by atoms with van der Waals surface area (Å²) < 4.78 is 13.0. The van der Waals surface area contributed by atoms with Crippen molar-refractivity contribution >= 4 is 5.84 Å². The number of amidine groups is 1. The second-order valence-corrected chi connectivity index (χ2v) is 15.2. The van der Waals surface area contributed by atoms with Crippen molar-refractivity contribution in [1.29, 1.82) is 0 Å². The molecule has 1 aromatic rings. The third-order valence-electron chi connectivity index (χ3n) is 11.5. The lowest BCUT2D eigenvalue weighted by Crippen LogP contribution is -2.52. The van der Waals surface area contributed by atoms with Crippen LogP contribution < -0.4 is 11.6 Å². The minimum atomic E-state index is -0.378. The van der Waals surface area contributed by atoms with E-state index in [0.717, 1.165) is 63.7 Å². The van der Waals surface area contributed by atoms with Gasteiger partial charge >= 0.3 is 0 Å². The zero-order chi connectivity index (χ0) is 33.5. The van der Waals surface area contributed by atoms with Crippen molar-refractivity contribution in [3.8, 4) is 11.8 Å². The van der Waals surface area contributed by atoms with Gasteiger partial charge in [0.1, 0.15) is 5.84 Å². The number of benzene rings is 1. The number of unbranched alkanes of at least 4 members (excludes halogenated alkanes) is 2. The predicted octanol–water partition coefficient (Wildman–Crippen LogP) is 8.42. The first-order chi connectivity index (χ1) is 22.0. The van der Waals surface area contributed by atoms with Crippen molar-refractivity contribution in [2.24, 2.45) is 45.3 Å². The van der Waals surface area contributed by atoms with Crippen LogP contribution in [0.5, 0.6) is 0 Å². The molecule has 256 valence electrons. The number of ether oxygens (including phenoxy) is 2. The Labute approximate surface area is 280 Å². The number of rotatable bonds is 4. The number of aliphatic hydroxyl groups is 1. The van der Waals surface area contributed by atoms with Crippen molar-refractivity contribution in [3.63, 3.8) is 0 Å². The van der Waals surface area contributed by atoms with Crippen LogP contribution in [0.1, 0.15) is 143 Å². The van der Waals surface area contributed by atoms with Crippen LogP contribution in [0.2, 0.25) is 0 Å². The Morgan fingerprint density at radius 1 is 1.00 bits per heavy atom. The average Bonchev–Trinajstić information content (AvgIpc) is 3.38. The Kier molecular flexibility index (Phi) is 12.5. The minimum Gasteiger partial charge on any atom is -0.393 e. The highest BCUT2D eigenvalue weighted by Gasteiger charge is 2.57. The Balaban J connectivity index is 0.000000541. The van der Waals surface area contributed by atoms with Crippen molar-refractivity contribution in [1.82, 2.24) is 0 Å². The van der Waals surface area contributed by atoms with Gasteiger partial charge in [0.05, 0.1) is 19.3 Å². The van der Waals surface area contributed by atoms with Crippen LogP contribution in [0.3, 0.4) is 0 Å². The molecule has 5 N–H and O–H groups in total. The molecule has 1 aromatic carbocycles. The maximum Gasteiger partial charge on any atom is 0.169 e. The van der Waals surface area contributed by atoms with Gasteiger partial charge in [0, 0.05) is 42.6 Å². The lowest BCUT2D eigenvalue weighted by atomic mass is 9.52. The number of fused-ring (bicyclic) bond motifs is 4. The monoisotopic (exact) mass is 633 g/mol. The average molecular weight is 634 g/mol. The fourth-order valence-electron chi connectivity index (χ4n) is 8.82. The summed E-state index contributed by atoms with van der Waals surface area (Å²) in [5.74, 6) is 13.8. The minimum absolute atomic E-state index is 0.0158. The molecule has 0 aromatic heterocycles. The molecule has 1 saturated heterocycles. The topological polar surface area (TPSA) is 103 Å². The van der Waals surface area contributed by atoms with Crippen LogP contribution >= 0.6 is 0 Å². The molecule has 6 unspecified atom stereocenters. The van der Waals surface area contributed by atoms with E-state index in [0.29, 0.717) is 29.5 Å². The molecule has 4 fully saturated rings. The summed E-state index contributed by atoms with van der Waals surface area (Å²) in [7, 11) is 0. The zero-order valence-corrected chi connectivity index (χ0v) is 30.0. The Morgan fingerprint density at radius 2 is 1.70 bits per heavy atom. The van der Waals surface area contributed by atoms with Gasteiger partial charge in [-0.25, -0.2) is 0 Å². The molecule has 1 aliphatic heterocycles. The molecule has 6 nitrogen and oxygen atoms in total. The maximum absolute atomic E-state index is 11.2. The molecule has 4 aliphatic carbocycles. The van der Waals surface area contributed by atoms with Crippen molar-refractivity contribution in [2.45, 2.75) is 143 Å². The van der Waals surface area contributed by atoms with Gasteiger partial charge < -0.3 is 26.2 Å². The SMILES string of the molecule is CC.CC/C(N)=N/N.CCCCC#Cc1ccc(C2CC3(C)C(O)CCC3C3CCC4CC5(CCC4=C23)OCC(C)(C)CO5)cc1. The van der Waals surface area contributed by atoms with Gasteiger partial charge in [-0.05, 0) is 85.8 Å². The molecule has 3 saturated carbocycles. The summed E-state index contributed by atoms with van der Waals surface area (Å²) in [6, 6.07) is 9.15. The van der Waals surface area contributed by atoms with Crippen LogP contribution in [-0.2, 0) is 9.47 Å². The third kappa shape index (κ3) is 7.86. The van der Waals surface area contributed by atoms with Gasteiger partial charge in [-0.15, -0.1) is 0 Å². The normalized spacial score (nSPS) is 32.3. The molecule has 6 atom stereocenters. The zero-order valence-electron chi connectivity index (χ0n) is 30.0. The molecule has 1 heterocycles. The second kappa shape index (κ2) is 15.7. The van der Waals surface area contributed by atoms with Gasteiger partial charge in [0.2, 0.25) is 0 Å². The van der Waals surface area contributed by atoms with Crippen LogP contribution in [0.25, 0.3) is 0 Å².